The summed E-state index contributed by atoms with van der Waals surface area (Å²) in [5, 5.41) is 8.26. The molecule has 0 N–H and O–H groups in total. The lowest BCUT2D eigenvalue weighted by Gasteiger charge is -2.02. The molecule has 0 spiro atoms. The van der Waals surface area contributed by atoms with Crippen LogP contribution in [0.25, 0.3) is 11.5 Å². The van der Waals surface area contributed by atoms with Gasteiger partial charge in [-0.15, -0.1) is 10.2 Å². The number of ether oxygens (including phenoxy) is 1. The molecule has 6 nitrogen and oxygen atoms in total. The van der Waals surface area contributed by atoms with E-state index < -0.39 is 5.97 Å². The summed E-state index contributed by atoms with van der Waals surface area (Å²) >= 11 is 5.84. The minimum Gasteiger partial charge on any atom is -0.466 e. The number of rotatable bonds is 4. The Morgan fingerprint density at radius 3 is 2.74 bits per heavy atom. The number of furan rings is 1. The van der Waals surface area contributed by atoms with Crippen LogP contribution in [0, 0.1) is 13.8 Å². The lowest BCUT2D eigenvalue weighted by atomic mass is 10.2. The van der Waals surface area contributed by atoms with E-state index >= 15 is 0 Å². The van der Waals surface area contributed by atoms with Crippen molar-refractivity contribution in [1.82, 2.24) is 10.2 Å². The molecule has 2 heterocycles. The number of hydrogen-bond acceptors (Lipinski definition) is 6. The first-order valence-corrected chi connectivity index (χ1v) is 7.23. The normalized spacial score (nSPS) is 10.7. The van der Waals surface area contributed by atoms with Crippen molar-refractivity contribution in [2.24, 2.45) is 0 Å². The zero-order valence-electron chi connectivity index (χ0n) is 12.5. The lowest BCUT2D eigenvalue weighted by molar-refractivity contribution is 0.0438. The highest BCUT2D eigenvalue weighted by Gasteiger charge is 2.16. The third-order valence-corrected chi connectivity index (χ3v) is 3.36. The van der Waals surface area contributed by atoms with Crippen molar-refractivity contribution in [1.29, 1.82) is 0 Å². The van der Waals surface area contributed by atoms with Gasteiger partial charge in [0, 0.05) is 5.02 Å². The van der Waals surface area contributed by atoms with Gasteiger partial charge in [-0.05, 0) is 38.1 Å². The van der Waals surface area contributed by atoms with Crippen molar-refractivity contribution in [3.8, 4) is 11.5 Å². The first-order chi connectivity index (χ1) is 11.0. The van der Waals surface area contributed by atoms with Crippen molar-refractivity contribution >= 4 is 17.6 Å². The molecule has 0 saturated heterocycles. The van der Waals surface area contributed by atoms with Crippen LogP contribution in [0.2, 0.25) is 5.02 Å². The highest BCUT2D eigenvalue weighted by atomic mass is 35.5. The van der Waals surface area contributed by atoms with Crippen molar-refractivity contribution in [2.45, 2.75) is 20.5 Å². The van der Waals surface area contributed by atoms with Crippen LogP contribution >= 0.6 is 11.6 Å². The van der Waals surface area contributed by atoms with Crippen LogP contribution in [-0.2, 0) is 11.3 Å². The number of halogens is 1. The lowest BCUT2D eigenvalue weighted by Crippen LogP contribution is -2.05. The van der Waals surface area contributed by atoms with Gasteiger partial charge in [-0.25, -0.2) is 4.79 Å². The zero-order chi connectivity index (χ0) is 16.4. The Kier molecular flexibility index (Phi) is 4.16. The molecule has 1 aromatic carbocycles. The van der Waals surface area contributed by atoms with Gasteiger partial charge in [-0.3, -0.25) is 0 Å². The summed E-state index contributed by atoms with van der Waals surface area (Å²) in [4.78, 5) is 11.9. The predicted molar refractivity (Wildman–Crippen MR) is 82.0 cm³/mol. The van der Waals surface area contributed by atoms with Gasteiger partial charge in [0.15, 0.2) is 6.61 Å². The molecular weight excluding hydrogens is 320 g/mol. The molecule has 7 heteroatoms. The van der Waals surface area contributed by atoms with E-state index in [2.05, 4.69) is 10.2 Å². The fourth-order valence-electron chi connectivity index (χ4n) is 2.09. The first kappa shape index (κ1) is 15.3. The Balaban J connectivity index is 1.68. The van der Waals surface area contributed by atoms with Gasteiger partial charge >= 0.3 is 5.97 Å². The molecule has 23 heavy (non-hydrogen) atoms. The van der Waals surface area contributed by atoms with Gasteiger partial charge in [0.05, 0.1) is 11.1 Å². The molecule has 0 saturated carbocycles. The van der Waals surface area contributed by atoms with E-state index in [0.29, 0.717) is 22.2 Å². The summed E-state index contributed by atoms with van der Waals surface area (Å²) in [5.74, 6) is 1.46. The van der Waals surface area contributed by atoms with Crippen molar-refractivity contribution in [2.75, 3.05) is 0 Å². The second-order valence-corrected chi connectivity index (χ2v) is 5.35. The highest BCUT2D eigenvalue weighted by Crippen LogP contribution is 2.25. The largest absolute Gasteiger partial charge is 0.466 e. The van der Waals surface area contributed by atoms with E-state index in [9.17, 15) is 4.79 Å². The molecule has 0 aliphatic heterocycles. The number of carbonyl (C=O) groups excluding carboxylic acids is 1. The van der Waals surface area contributed by atoms with Gasteiger partial charge in [0.2, 0.25) is 0 Å². The fraction of sp³-hybridized carbons (Fsp3) is 0.188. The SMILES string of the molecule is Cc1cc(-c2nnc(COC(=O)c3cccc(Cl)c3)o2)c(C)o1. The van der Waals surface area contributed by atoms with Crippen LogP contribution in [0.3, 0.4) is 0 Å². The Morgan fingerprint density at radius 2 is 2.04 bits per heavy atom. The van der Waals surface area contributed by atoms with E-state index in [1.54, 1.807) is 18.2 Å². The predicted octanol–water partition coefficient (Wildman–Crippen LogP) is 3.96. The number of hydrogen-bond donors (Lipinski definition) is 0. The molecule has 0 aliphatic rings. The van der Waals surface area contributed by atoms with Crippen LogP contribution in [0.4, 0.5) is 0 Å². The van der Waals surface area contributed by atoms with Gasteiger partial charge in [-0.1, -0.05) is 17.7 Å². The minimum atomic E-state index is -0.511. The number of nitrogens with zero attached hydrogens (tertiary/aromatic N) is 2. The Bertz CT molecular complexity index is 853. The molecular formula is C16H13ClN2O4. The molecule has 0 atom stereocenters. The summed E-state index contributed by atoms with van der Waals surface area (Å²) in [6.45, 7) is 3.53. The topological polar surface area (TPSA) is 78.4 Å². The van der Waals surface area contributed by atoms with Gasteiger partial charge in [0.25, 0.3) is 11.8 Å². The van der Waals surface area contributed by atoms with Crippen LogP contribution in [0.1, 0.15) is 27.8 Å². The molecule has 3 aromatic rings. The summed E-state index contributed by atoms with van der Waals surface area (Å²) in [6, 6.07) is 8.31. The van der Waals surface area contributed by atoms with Crippen molar-refractivity contribution < 1.29 is 18.4 Å². The average Bonchev–Trinajstić information content (AvgIpc) is 3.11. The van der Waals surface area contributed by atoms with E-state index in [4.69, 9.17) is 25.2 Å². The monoisotopic (exact) mass is 332 g/mol. The molecule has 0 radical (unpaired) electrons. The van der Waals surface area contributed by atoms with E-state index in [1.165, 1.54) is 6.07 Å². The van der Waals surface area contributed by atoms with Crippen LogP contribution in [0.15, 0.2) is 39.2 Å². The van der Waals surface area contributed by atoms with Crippen LogP contribution in [0.5, 0.6) is 0 Å². The summed E-state index contributed by atoms with van der Waals surface area (Å²) in [6.07, 6.45) is 0. The number of carbonyl (C=O) groups is 1. The number of benzene rings is 1. The summed E-state index contributed by atoms with van der Waals surface area (Å²) in [5.41, 5.74) is 1.08. The summed E-state index contributed by atoms with van der Waals surface area (Å²) < 4.78 is 16.0. The Hall–Kier alpha value is -2.60. The minimum absolute atomic E-state index is 0.117. The Labute approximate surface area is 137 Å². The smallest absolute Gasteiger partial charge is 0.338 e. The average molecular weight is 333 g/mol. The molecule has 0 aliphatic carbocycles. The first-order valence-electron chi connectivity index (χ1n) is 6.85. The van der Waals surface area contributed by atoms with Gasteiger partial charge < -0.3 is 13.6 Å². The third kappa shape index (κ3) is 3.43. The van der Waals surface area contributed by atoms with E-state index in [-0.39, 0.29) is 12.5 Å². The zero-order valence-corrected chi connectivity index (χ0v) is 13.3. The quantitative estimate of drug-likeness (QED) is 0.673. The molecule has 0 bridgehead atoms. The number of esters is 1. The molecule has 3 rings (SSSR count). The molecule has 118 valence electrons. The standard InChI is InChI=1S/C16H13ClN2O4/c1-9-6-13(10(2)22-9)15-19-18-14(23-15)8-21-16(20)11-4-3-5-12(17)7-11/h3-7H,8H2,1-2H3. The molecule has 2 aromatic heterocycles. The maximum absolute atomic E-state index is 11.9. The van der Waals surface area contributed by atoms with Gasteiger partial charge in [0.1, 0.15) is 11.5 Å². The molecule has 0 unspecified atom stereocenters. The maximum Gasteiger partial charge on any atom is 0.338 e. The van der Waals surface area contributed by atoms with Gasteiger partial charge in [-0.2, -0.15) is 0 Å². The number of aryl methyl sites for hydroxylation is 2. The maximum atomic E-state index is 11.9. The number of aromatic nitrogens is 2. The summed E-state index contributed by atoms with van der Waals surface area (Å²) in [7, 11) is 0. The van der Waals surface area contributed by atoms with Crippen molar-refractivity contribution in [3.63, 3.8) is 0 Å². The second-order valence-electron chi connectivity index (χ2n) is 4.91. The van der Waals surface area contributed by atoms with Crippen molar-refractivity contribution in [3.05, 3.63) is 58.3 Å². The second kappa shape index (κ2) is 6.26. The van der Waals surface area contributed by atoms with Crippen LogP contribution in [-0.4, -0.2) is 16.2 Å². The highest BCUT2D eigenvalue weighted by molar-refractivity contribution is 6.30. The Morgan fingerprint density at radius 1 is 1.22 bits per heavy atom. The molecule has 0 fully saturated rings. The van der Waals surface area contributed by atoms with E-state index in [0.717, 1.165) is 11.3 Å². The molecule has 0 amide bonds. The third-order valence-electron chi connectivity index (χ3n) is 3.13. The fourth-order valence-corrected chi connectivity index (χ4v) is 2.28. The van der Waals surface area contributed by atoms with E-state index in [1.807, 2.05) is 19.9 Å². The van der Waals surface area contributed by atoms with Crippen LogP contribution < -0.4 is 0 Å².